The van der Waals surface area contributed by atoms with Gasteiger partial charge in [0, 0.05) is 31.9 Å². The molecule has 0 N–H and O–H groups in total. The number of hydrogen-bond acceptors (Lipinski definition) is 7. The molecule has 3 aromatic rings. The lowest BCUT2D eigenvalue weighted by molar-refractivity contribution is -0.384. The first kappa shape index (κ1) is 21.6. The molecule has 0 aromatic heterocycles. The number of imide groups is 1. The summed E-state index contributed by atoms with van der Waals surface area (Å²) in [7, 11) is 3.88. The van der Waals surface area contributed by atoms with Crippen molar-refractivity contribution in [1.29, 1.82) is 0 Å². The van der Waals surface area contributed by atoms with Gasteiger partial charge in [0.05, 0.1) is 22.3 Å². The minimum atomic E-state index is -1.04. The molecule has 0 aliphatic carbocycles. The van der Waals surface area contributed by atoms with Gasteiger partial charge in [-0.2, -0.15) is 0 Å². The van der Waals surface area contributed by atoms with Gasteiger partial charge in [0.1, 0.15) is 5.92 Å². The highest BCUT2D eigenvalue weighted by molar-refractivity contribution is 6.24. The van der Waals surface area contributed by atoms with Gasteiger partial charge in [-0.1, -0.05) is 36.4 Å². The van der Waals surface area contributed by atoms with Gasteiger partial charge >= 0.3 is 0 Å². The van der Waals surface area contributed by atoms with Gasteiger partial charge in [-0.25, -0.2) is 9.96 Å². The van der Waals surface area contributed by atoms with Crippen LogP contribution in [0.4, 0.5) is 22.7 Å². The molecule has 0 radical (unpaired) electrons. The zero-order valence-electron chi connectivity index (χ0n) is 18.6. The minimum absolute atomic E-state index is 0.162. The van der Waals surface area contributed by atoms with Crippen molar-refractivity contribution in [3.05, 3.63) is 94.5 Å². The molecular weight excluding hydrogens is 436 g/mol. The third kappa shape index (κ3) is 3.46. The Morgan fingerprint density at radius 1 is 0.882 bits per heavy atom. The fraction of sp³-hybridized carbons (Fsp3) is 0.200. The molecule has 172 valence electrons. The number of para-hydroxylation sites is 1. The highest BCUT2D eigenvalue weighted by Crippen LogP contribution is 2.47. The molecule has 9 nitrogen and oxygen atoms in total. The van der Waals surface area contributed by atoms with Gasteiger partial charge in [0.15, 0.2) is 6.10 Å². The van der Waals surface area contributed by atoms with E-state index in [1.807, 2.05) is 73.6 Å². The summed E-state index contributed by atoms with van der Waals surface area (Å²) in [6, 6.07) is 22.0. The van der Waals surface area contributed by atoms with E-state index in [9.17, 15) is 19.7 Å². The Morgan fingerprint density at radius 3 is 2.21 bits per heavy atom. The molecule has 0 saturated carbocycles. The van der Waals surface area contributed by atoms with E-state index in [4.69, 9.17) is 4.84 Å². The lowest BCUT2D eigenvalue weighted by Crippen LogP contribution is -2.37. The highest BCUT2D eigenvalue weighted by Gasteiger charge is 2.60. The number of nitro benzene ring substituents is 1. The van der Waals surface area contributed by atoms with E-state index in [-0.39, 0.29) is 11.4 Å². The first-order chi connectivity index (χ1) is 16.4. The van der Waals surface area contributed by atoms with Crippen molar-refractivity contribution in [2.45, 2.75) is 12.1 Å². The van der Waals surface area contributed by atoms with Gasteiger partial charge in [-0.15, -0.1) is 0 Å². The molecule has 9 heteroatoms. The number of hydroxylamine groups is 1. The monoisotopic (exact) mass is 458 g/mol. The number of nitro groups is 1. The average Bonchev–Trinajstić information content (AvgIpc) is 3.35. The van der Waals surface area contributed by atoms with Gasteiger partial charge in [0.25, 0.3) is 11.6 Å². The maximum absolute atomic E-state index is 13.6. The number of rotatable bonds is 5. The first-order valence-electron chi connectivity index (χ1n) is 10.8. The number of carbonyl (C=O) groups excluding carboxylic acids is 2. The summed E-state index contributed by atoms with van der Waals surface area (Å²) in [6.07, 6.45) is -1.04. The fourth-order valence-electron chi connectivity index (χ4n) is 4.52. The van der Waals surface area contributed by atoms with Crippen LogP contribution in [0.15, 0.2) is 78.9 Å². The van der Waals surface area contributed by atoms with Crippen LogP contribution in [-0.2, 0) is 14.4 Å². The topological polar surface area (TPSA) is 96.2 Å². The third-order valence-electron chi connectivity index (χ3n) is 6.18. The number of hydrogen-bond donors (Lipinski definition) is 0. The predicted octanol–water partition coefficient (Wildman–Crippen LogP) is 3.71. The van der Waals surface area contributed by atoms with Crippen LogP contribution in [0.25, 0.3) is 0 Å². The van der Waals surface area contributed by atoms with Crippen LogP contribution in [0, 0.1) is 16.0 Å². The van der Waals surface area contributed by atoms with Crippen LogP contribution in [0.3, 0.4) is 0 Å². The van der Waals surface area contributed by atoms with Crippen LogP contribution < -0.4 is 14.9 Å². The second kappa shape index (κ2) is 8.27. The number of anilines is 3. The van der Waals surface area contributed by atoms with Crippen molar-refractivity contribution in [3.63, 3.8) is 0 Å². The van der Waals surface area contributed by atoms with Crippen molar-refractivity contribution in [3.8, 4) is 0 Å². The number of fused-ring (bicyclic) bond motifs is 1. The summed E-state index contributed by atoms with van der Waals surface area (Å²) in [4.78, 5) is 46.7. The Kier molecular flexibility index (Phi) is 5.25. The lowest BCUT2D eigenvalue weighted by Gasteiger charge is -2.29. The Bertz CT molecular complexity index is 1260. The third-order valence-corrected chi connectivity index (χ3v) is 6.18. The summed E-state index contributed by atoms with van der Waals surface area (Å²) in [6.45, 7) is 0. The Hall–Kier alpha value is -4.24. The van der Waals surface area contributed by atoms with Crippen LogP contribution in [0.1, 0.15) is 11.6 Å². The summed E-state index contributed by atoms with van der Waals surface area (Å²) >= 11 is 0. The number of non-ortho nitro benzene ring substituents is 1. The van der Waals surface area contributed by atoms with E-state index in [2.05, 4.69) is 0 Å². The van der Waals surface area contributed by atoms with Crippen LogP contribution in [-0.4, -0.2) is 36.9 Å². The van der Waals surface area contributed by atoms with E-state index < -0.39 is 34.8 Å². The molecule has 5 rings (SSSR count). The first-order valence-corrected chi connectivity index (χ1v) is 10.8. The Balaban J connectivity index is 1.56. The van der Waals surface area contributed by atoms with E-state index in [0.29, 0.717) is 0 Å². The van der Waals surface area contributed by atoms with Gasteiger partial charge < -0.3 is 4.90 Å². The molecule has 2 aliphatic rings. The summed E-state index contributed by atoms with van der Waals surface area (Å²) in [5.41, 5.74) is 2.51. The van der Waals surface area contributed by atoms with Gasteiger partial charge in [0.2, 0.25) is 5.91 Å². The average molecular weight is 458 g/mol. The van der Waals surface area contributed by atoms with E-state index >= 15 is 0 Å². The second-order valence-electron chi connectivity index (χ2n) is 8.43. The van der Waals surface area contributed by atoms with Crippen LogP contribution in [0.5, 0.6) is 0 Å². The number of amides is 2. The molecule has 3 atom stereocenters. The zero-order chi connectivity index (χ0) is 24.0. The molecule has 34 heavy (non-hydrogen) atoms. The van der Waals surface area contributed by atoms with Crippen molar-refractivity contribution >= 4 is 34.6 Å². The predicted molar refractivity (Wildman–Crippen MR) is 126 cm³/mol. The zero-order valence-corrected chi connectivity index (χ0v) is 18.6. The van der Waals surface area contributed by atoms with E-state index in [0.717, 1.165) is 21.8 Å². The summed E-state index contributed by atoms with van der Waals surface area (Å²) in [5, 5.41) is 12.8. The quantitative estimate of drug-likeness (QED) is 0.327. The maximum atomic E-state index is 13.6. The largest absolute Gasteiger partial charge is 0.378 e. The number of benzene rings is 3. The molecule has 0 bridgehead atoms. The minimum Gasteiger partial charge on any atom is -0.378 e. The summed E-state index contributed by atoms with van der Waals surface area (Å²) in [5.74, 6) is -1.79. The SMILES string of the molecule is CN(C)c1ccc([C@@H]2[C@@H]3C(=O)N(c4cccc([N+](=O)[O-])c4)C(=O)[C@H]3ON2c2ccccc2)cc1. The second-order valence-corrected chi connectivity index (χ2v) is 8.43. The normalized spacial score (nSPS) is 21.6. The lowest BCUT2D eigenvalue weighted by atomic mass is 9.90. The van der Waals surface area contributed by atoms with Crippen LogP contribution in [0.2, 0.25) is 0 Å². The van der Waals surface area contributed by atoms with Gasteiger partial charge in [-0.05, 0) is 35.9 Å². The molecule has 2 saturated heterocycles. The van der Waals surface area contributed by atoms with E-state index in [1.54, 1.807) is 5.06 Å². The molecule has 2 fully saturated rings. The molecular formula is C25H22N4O5. The fourth-order valence-corrected chi connectivity index (χ4v) is 4.52. The molecule has 2 heterocycles. The maximum Gasteiger partial charge on any atom is 0.271 e. The number of nitrogens with zero attached hydrogens (tertiary/aromatic N) is 4. The van der Waals surface area contributed by atoms with E-state index in [1.165, 1.54) is 24.3 Å². The molecule has 2 aliphatic heterocycles. The molecule has 0 unspecified atom stereocenters. The van der Waals surface area contributed by atoms with Crippen molar-refractivity contribution < 1.29 is 19.3 Å². The molecule has 3 aromatic carbocycles. The van der Waals surface area contributed by atoms with Crippen molar-refractivity contribution in [2.24, 2.45) is 5.92 Å². The summed E-state index contributed by atoms with van der Waals surface area (Å²) < 4.78 is 0. The molecule has 0 spiro atoms. The Morgan fingerprint density at radius 2 is 1.56 bits per heavy atom. The molecule has 2 amide bonds. The van der Waals surface area contributed by atoms with Crippen molar-refractivity contribution in [1.82, 2.24) is 0 Å². The standard InChI is InChI=1S/C25H22N4O5/c1-26(2)17-13-11-16(12-14-17)22-21-23(34-28(22)18-7-4-3-5-8-18)25(31)27(24(21)30)19-9-6-10-20(15-19)29(32)33/h3-15,21-23H,1-2H3/t21-,22+,23-/m0/s1. The highest BCUT2D eigenvalue weighted by atomic mass is 16.7. The smallest absolute Gasteiger partial charge is 0.271 e. The Labute approximate surface area is 195 Å². The van der Waals surface area contributed by atoms with Crippen LogP contribution >= 0.6 is 0 Å². The number of carbonyl (C=O) groups is 2. The van der Waals surface area contributed by atoms with Crippen molar-refractivity contribution in [2.75, 3.05) is 29.0 Å². The van der Waals surface area contributed by atoms with Gasteiger partial charge in [-0.3, -0.25) is 24.5 Å².